The number of hydrogen-bond acceptors (Lipinski definition) is 5. The van der Waals surface area contributed by atoms with Crippen molar-refractivity contribution in [2.24, 2.45) is 12.8 Å². The van der Waals surface area contributed by atoms with Crippen molar-refractivity contribution in [3.63, 3.8) is 0 Å². The number of aromatic nitrogens is 3. The molecule has 0 fully saturated rings. The van der Waals surface area contributed by atoms with Gasteiger partial charge in [-0.3, -0.25) is 4.79 Å². The third-order valence-corrected chi connectivity index (χ3v) is 4.32. The van der Waals surface area contributed by atoms with Gasteiger partial charge in [-0.05, 0) is 50.1 Å². The van der Waals surface area contributed by atoms with Gasteiger partial charge in [0.2, 0.25) is 5.28 Å². The lowest BCUT2D eigenvalue weighted by Gasteiger charge is -2.12. The van der Waals surface area contributed by atoms with Crippen LogP contribution in [0, 0.1) is 6.92 Å². The number of nitrogens with zero attached hydrogens (tertiary/aromatic N) is 3. The maximum atomic E-state index is 12.5. The molecule has 0 saturated heterocycles. The molecule has 0 bridgehead atoms. The second-order valence-corrected chi connectivity index (χ2v) is 6.90. The summed E-state index contributed by atoms with van der Waals surface area (Å²) in [6.07, 6.45) is 2.92. The minimum atomic E-state index is -0.575. The molecular formula is C19H19ClN4O3. The van der Waals surface area contributed by atoms with E-state index in [-0.39, 0.29) is 22.6 Å². The largest absolute Gasteiger partial charge is 0.459 e. The average molecular weight is 387 g/mol. The Hall–Kier alpha value is -2.93. The van der Waals surface area contributed by atoms with E-state index in [0.29, 0.717) is 11.1 Å². The monoisotopic (exact) mass is 386 g/mol. The molecule has 7 nitrogen and oxygen atoms in total. The number of carbonyl (C=O) groups excluding carboxylic acids is 2. The molecule has 0 spiro atoms. The zero-order chi connectivity index (χ0) is 19.9. The molecule has 3 rings (SSSR count). The third kappa shape index (κ3) is 3.50. The van der Waals surface area contributed by atoms with Gasteiger partial charge >= 0.3 is 5.97 Å². The van der Waals surface area contributed by atoms with E-state index in [1.54, 1.807) is 19.9 Å². The number of halogens is 1. The zero-order valence-electron chi connectivity index (χ0n) is 15.4. The summed E-state index contributed by atoms with van der Waals surface area (Å²) in [5, 5.41) is 0.818. The molecule has 0 aliphatic carbocycles. The maximum Gasteiger partial charge on any atom is 0.342 e. The molecule has 0 unspecified atom stereocenters. The fourth-order valence-corrected chi connectivity index (χ4v) is 3.20. The molecule has 2 N–H and O–H groups in total. The van der Waals surface area contributed by atoms with E-state index in [2.05, 4.69) is 9.97 Å². The van der Waals surface area contributed by atoms with E-state index in [0.717, 1.165) is 16.5 Å². The molecule has 0 radical (unpaired) electrons. The van der Waals surface area contributed by atoms with E-state index in [1.165, 1.54) is 6.20 Å². The van der Waals surface area contributed by atoms with Crippen LogP contribution in [0.3, 0.4) is 0 Å². The van der Waals surface area contributed by atoms with Gasteiger partial charge in [0.25, 0.3) is 5.91 Å². The Kier molecular flexibility index (Phi) is 4.89. The summed E-state index contributed by atoms with van der Waals surface area (Å²) in [5.41, 5.74) is 8.59. The van der Waals surface area contributed by atoms with Crippen LogP contribution < -0.4 is 5.73 Å². The number of benzene rings is 1. The Balaban J connectivity index is 2.30. The van der Waals surface area contributed by atoms with Crippen LogP contribution in [-0.2, 0) is 11.8 Å². The predicted octanol–water partition coefficient (Wildman–Crippen LogP) is 3.26. The highest BCUT2D eigenvalue weighted by atomic mass is 35.5. The lowest BCUT2D eigenvalue weighted by Crippen LogP contribution is -2.15. The summed E-state index contributed by atoms with van der Waals surface area (Å²) >= 11 is 5.96. The number of primary amides is 1. The number of ether oxygens (including phenoxy) is 1. The van der Waals surface area contributed by atoms with Crippen molar-refractivity contribution in [2.75, 3.05) is 0 Å². The molecule has 140 valence electrons. The number of amides is 1. The number of fused-ring (bicyclic) bond motifs is 1. The van der Waals surface area contributed by atoms with E-state index < -0.39 is 11.9 Å². The lowest BCUT2D eigenvalue weighted by atomic mass is 9.99. The summed E-state index contributed by atoms with van der Waals surface area (Å²) in [6.45, 7) is 5.43. The molecule has 27 heavy (non-hydrogen) atoms. The van der Waals surface area contributed by atoms with Crippen LogP contribution in [0.2, 0.25) is 5.28 Å². The fraction of sp³-hybridized carbons (Fsp3) is 0.263. The number of aryl methyl sites for hydroxylation is 2. The molecule has 0 saturated carbocycles. The first-order valence-corrected chi connectivity index (χ1v) is 8.70. The van der Waals surface area contributed by atoms with E-state index in [1.807, 2.05) is 30.8 Å². The summed E-state index contributed by atoms with van der Waals surface area (Å²) < 4.78 is 7.12. The first-order chi connectivity index (χ1) is 12.7. The number of rotatable bonds is 4. The van der Waals surface area contributed by atoms with Gasteiger partial charge in [-0.15, -0.1) is 0 Å². The van der Waals surface area contributed by atoms with Gasteiger partial charge in [0, 0.05) is 30.4 Å². The number of hydrogen-bond donors (Lipinski definition) is 1. The minimum Gasteiger partial charge on any atom is -0.459 e. The van der Waals surface area contributed by atoms with Gasteiger partial charge in [0.15, 0.2) is 0 Å². The standard InChI is InChI=1S/C19H19ClN4O3/c1-9(2)27-18(26)14-7-22-19(20)23-15(14)11-5-12-10(3)8-24(4)16(12)13(6-11)17(21)25/h5-9H,1-4H3,(H2,21,25). The second-order valence-electron chi connectivity index (χ2n) is 6.56. The number of carbonyl (C=O) groups is 2. The maximum absolute atomic E-state index is 12.5. The highest BCUT2D eigenvalue weighted by Gasteiger charge is 2.21. The van der Waals surface area contributed by atoms with Crippen molar-refractivity contribution in [1.29, 1.82) is 0 Å². The molecule has 0 atom stereocenters. The van der Waals surface area contributed by atoms with Gasteiger partial charge in [0.05, 0.1) is 22.9 Å². The van der Waals surface area contributed by atoms with Crippen molar-refractivity contribution >= 4 is 34.4 Å². The van der Waals surface area contributed by atoms with Crippen molar-refractivity contribution in [2.45, 2.75) is 26.9 Å². The van der Waals surface area contributed by atoms with Gasteiger partial charge < -0.3 is 15.0 Å². The van der Waals surface area contributed by atoms with Crippen molar-refractivity contribution in [3.8, 4) is 11.3 Å². The number of esters is 1. The predicted molar refractivity (Wildman–Crippen MR) is 103 cm³/mol. The van der Waals surface area contributed by atoms with Crippen molar-refractivity contribution < 1.29 is 14.3 Å². The van der Waals surface area contributed by atoms with Gasteiger partial charge in [0.1, 0.15) is 5.56 Å². The Bertz CT molecular complexity index is 1070. The molecule has 1 aromatic carbocycles. The molecule has 1 amide bonds. The summed E-state index contributed by atoms with van der Waals surface area (Å²) in [6, 6.07) is 3.46. The second kappa shape index (κ2) is 7.00. The van der Waals surface area contributed by atoms with Crippen LogP contribution in [0.15, 0.2) is 24.5 Å². The van der Waals surface area contributed by atoms with Gasteiger partial charge in [-0.2, -0.15) is 0 Å². The van der Waals surface area contributed by atoms with Gasteiger partial charge in [-0.25, -0.2) is 14.8 Å². The smallest absolute Gasteiger partial charge is 0.342 e. The highest BCUT2D eigenvalue weighted by Crippen LogP contribution is 2.32. The van der Waals surface area contributed by atoms with Crippen LogP contribution in [0.1, 0.15) is 40.1 Å². The van der Waals surface area contributed by atoms with E-state index in [4.69, 9.17) is 22.1 Å². The first kappa shape index (κ1) is 18.8. The van der Waals surface area contributed by atoms with Crippen LogP contribution >= 0.6 is 11.6 Å². The summed E-state index contributed by atoms with van der Waals surface area (Å²) in [4.78, 5) is 32.6. The topological polar surface area (TPSA) is 100 Å². The molecule has 2 aromatic heterocycles. The van der Waals surface area contributed by atoms with Crippen LogP contribution in [-0.4, -0.2) is 32.5 Å². The summed E-state index contributed by atoms with van der Waals surface area (Å²) in [5.74, 6) is -1.14. The quantitative estimate of drug-likeness (QED) is 0.548. The Morgan fingerprint density at radius 1 is 1.26 bits per heavy atom. The Labute approximate surface area is 161 Å². The fourth-order valence-electron chi connectivity index (χ4n) is 3.07. The van der Waals surface area contributed by atoms with Crippen LogP contribution in [0.25, 0.3) is 22.2 Å². The number of nitrogens with two attached hydrogens (primary N) is 1. The third-order valence-electron chi connectivity index (χ3n) is 4.14. The Morgan fingerprint density at radius 3 is 2.59 bits per heavy atom. The van der Waals surface area contributed by atoms with Crippen molar-refractivity contribution in [1.82, 2.24) is 14.5 Å². The first-order valence-electron chi connectivity index (χ1n) is 8.32. The molecular weight excluding hydrogens is 368 g/mol. The average Bonchev–Trinajstić information content (AvgIpc) is 2.87. The molecule has 2 heterocycles. The Morgan fingerprint density at radius 2 is 1.96 bits per heavy atom. The molecule has 8 heteroatoms. The van der Waals surface area contributed by atoms with Crippen molar-refractivity contribution in [3.05, 3.63) is 46.5 Å². The summed E-state index contributed by atoms with van der Waals surface area (Å²) in [7, 11) is 1.84. The lowest BCUT2D eigenvalue weighted by molar-refractivity contribution is 0.0378. The van der Waals surface area contributed by atoms with Crippen LogP contribution in [0.4, 0.5) is 0 Å². The molecule has 0 aliphatic heterocycles. The van der Waals surface area contributed by atoms with Crippen LogP contribution in [0.5, 0.6) is 0 Å². The minimum absolute atomic E-state index is 0.0170. The van der Waals surface area contributed by atoms with E-state index in [9.17, 15) is 9.59 Å². The molecule has 0 aliphatic rings. The van der Waals surface area contributed by atoms with Gasteiger partial charge in [-0.1, -0.05) is 0 Å². The SMILES string of the molecule is Cc1cn(C)c2c(C(N)=O)cc(-c3nc(Cl)ncc3C(=O)OC(C)C)cc12. The highest BCUT2D eigenvalue weighted by molar-refractivity contribution is 6.28. The normalized spacial score (nSPS) is 11.2. The zero-order valence-corrected chi connectivity index (χ0v) is 16.2. The van der Waals surface area contributed by atoms with E-state index >= 15 is 0 Å². The molecule has 3 aromatic rings.